The molecule has 0 atom stereocenters. The highest BCUT2D eigenvalue weighted by Crippen LogP contribution is 2.29. The first-order valence-electron chi connectivity index (χ1n) is 7.91. The zero-order valence-electron chi connectivity index (χ0n) is 14.1. The number of anilines is 1. The van der Waals surface area contributed by atoms with Crippen LogP contribution in [-0.2, 0) is 11.0 Å². The molecule has 0 saturated carbocycles. The van der Waals surface area contributed by atoms with Crippen molar-refractivity contribution >= 4 is 17.5 Å². The number of halogens is 5. The fraction of sp³-hybridized carbons (Fsp3) is 0.235. The molecule has 0 unspecified atom stereocenters. The molecule has 0 aliphatic carbocycles. The summed E-state index contributed by atoms with van der Waals surface area (Å²) in [7, 11) is 0. The second kappa shape index (κ2) is 8.63. The van der Waals surface area contributed by atoms with E-state index in [1.165, 1.54) is 0 Å². The van der Waals surface area contributed by atoms with Gasteiger partial charge in [-0.1, -0.05) is 0 Å². The number of aromatic amines is 1. The van der Waals surface area contributed by atoms with E-state index in [0.29, 0.717) is 18.3 Å². The van der Waals surface area contributed by atoms with Crippen LogP contribution in [0.1, 0.15) is 28.8 Å². The van der Waals surface area contributed by atoms with Crippen molar-refractivity contribution in [3.8, 4) is 0 Å². The van der Waals surface area contributed by atoms with Crippen molar-refractivity contribution in [3.63, 3.8) is 0 Å². The van der Waals surface area contributed by atoms with Gasteiger partial charge in [0.05, 0.1) is 11.1 Å². The van der Waals surface area contributed by atoms with Crippen molar-refractivity contribution in [2.75, 3.05) is 11.9 Å². The summed E-state index contributed by atoms with van der Waals surface area (Å²) in [5.41, 5.74) is -2.96. The number of carbonyl (C=O) groups is 2. The summed E-state index contributed by atoms with van der Waals surface area (Å²) in [5, 5.41) is 4.38. The molecular formula is C17H14F5N3O3. The van der Waals surface area contributed by atoms with Crippen LogP contribution in [0.4, 0.5) is 27.6 Å². The Kier molecular flexibility index (Phi) is 6.49. The predicted octanol–water partition coefficient (Wildman–Crippen LogP) is 2.82. The lowest BCUT2D eigenvalue weighted by Gasteiger charge is -2.09. The topological polar surface area (TPSA) is 91.1 Å². The zero-order valence-corrected chi connectivity index (χ0v) is 14.1. The molecule has 0 bridgehead atoms. The van der Waals surface area contributed by atoms with Gasteiger partial charge in [0.25, 0.3) is 11.5 Å². The average molecular weight is 403 g/mol. The van der Waals surface area contributed by atoms with Gasteiger partial charge in [0, 0.05) is 25.2 Å². The molecule has 1 aromatic heterocycles. The average Bonchev–Trinajstić information content (AvgIpc) is 2.59. The largest absolute Gasteiger partial charge is 0.417 e. The standard InChI is InChI=1S/C17H14F5N3O3/c18-10-3-4-11(12(19)7-10)15(27)23-5-1-2-14(26)25-13-6-9(17(20,21)22)8-24-16(13)28/h3-4,6-8H,1-2,5H2,(H,23,27)(H,24,28)(H,25,26). The van der Waals surface area contributed by atoms with Crippen LogP contribution in [0.2, 0.25) is 0 Å². The van der Waals surface area contributed by atoms with Gasteiger partial charge in [0.15, 0.2) is 0 Å². The quantitative estimate of drug-likeness (QED) is 0.512. The minimum atomic E-state index is -4.69. The van der Waals surface area contributed by atoms with Gasteiger partial charge in [-0.15, -0.1) is 0 Å². The van der Waals surface area contributed by atoms with Gasteiger partial charge >= 0.3 is 6.18 Å². The maximum Gasteiger partial charge on any atom is 0.417 e. The second-order valence-electron chi connectivity index (χ2n) is 5.66. The predicted molar refractivity (Wildman–Crippen MR) is 88.6 cm³/mol. The van der Waals surface area contributed by atoms with Crippen LogP contribution in [0.5, 0.6) is 0 Å². The van der Waals surface area contributed by atoms with E-state index in [2.05, 4.69) is 10.6 Å². The number of hydrogen-bond acceptors (Lipinski definition) is 3. The molecule has 1 heterocycles. The molecule has 0 radical (unpaired) electrons. The lowest BCUT2D eigenvalue weighted by molar-refractivity contribution is -0.137. The third-order valence-electron chi connectivity index (χ3n) is 3.55. The van der Waals surface area contributed by atoms with E-state index >= 15 is 0 Å². The monoisotopic (exact) mass is 403 g/mol. The zero-order chi connectivity index (χ0) is 20.9. The molecule has 2 aromatic rings. The second-order valence-corrected chi connectivity index (χ2v) is 5.66. The van der Waals surface area contributed by atoms with Crippen molar-refractivity contribution in [3.05, 3.63) is 63.6 Å². The van der Waals surface area contributed by atoms with Gasteiger partial charge in [-0.2, -0.15) is 13.2 Å². The van der Waals surface area contributed by atoms with E-state index in [4.69, 9.17) is 0 Å². The molecule has 28 heavy (non-hydrogen) atoms. The normalized spacial score (nSPS) is 11.2. The molecule has 150 valence electrons. The van der Waals surface area contributed by atoms with Gasteiger partial charge in [-0.3, -0.25) is 14.4 Å². The Bertz CT molecular complexity index is 940. The summed E-state index contributed by atoms with van der Waals surface area (Å²) in [5.74, 6) is -3.44. The molecule has 2 rings (SSSR count). The molecule has 0 spiro atoms. The summed E-state index contributed by atoms with van der Waals surface area (Å²) in [6.07, 6.45) is -4.36. The summed E-state index contributed by atoms with van der Waals surface area (Å²) in [6, 6.07) is 2.94. The van der Waals surface area contributed by atoms with E-state index in [0.717, 1.165) is 12.1 Å². The van der Waals surface area contributed by atoms with E-state index in [9.17, 15) is 36.3 Å². The Labute approximate surface area is 154 Å². The maximum atomic E-state index is 13.5. The highest BCUT2D eigenvalue weighted by molar-refractivity contribution is 5.94. The van der Waals surface area contributed by atoms with E-state index in [1.54, 1.807) is 0 Å². The van der Waals surface area contributed by atoms with Crippen LogP contribution >= 0.6 is 0 Å². The van der Waals surface area contributed by atoms with Crippen LogP contribution in [0.3, 0.4) is 0 Å². The molecule has 1 aromatic carbocycles. The minimum Gasteiger partial charge on any atom is -0.352 e. The summed E-state index contributed by atoms with van der Waals surface area (Å²) >= 11 is 0. The first-order valence-corrected chi connectivity index (χ1v) is 7.91. The van der Waals surface area contributed by atoms with Crippen LogP contribution in [-0.4, -0.2) is 23.3 Å². The molecule has 0 aliphatic rings. The fourth-order valence-corrected chi connectivity index (χ4v) is 2.17. The molecule has 11 heteroatoms. The summed E-state index contributed by atoms with van der Waals surface area (Å²) < 4.78 is 64.1. The smallest absolute Gasteiger partial charge is 0.352 e. The third-order valence-corrected chi connectivity index (χ3v) is 3.55. The molecule has 0 aliphatic heterocycles. The van der Waals surface area contributed by atoms with Gasteiger partial charge in [0.1, 0.15) is 17.3 Å². The Morgan fingerprint density at radius 1 is 1.11 bits per heavy atom. The minimum absolute atomic E-state index is 0.0536. The van der Waals surface area contributed by atoms with E-state index in [1.807, 2.05) is 4.98 Å². The van der Waals surface area contributed by atoms with Gasteiger partial charge in [-0.05, 0) is 24.6 Å². The fourth-order valence-electron chi connectivity index (χ4n) is 2.17. The SMILES string of the molecule is O=C(CCCNC(=O)c1ccc(F)cc1F)Nc1cc(C(F)(F)F)c[nH]c1=O. The molecule has 0 fully saturated rings. The van der Waals surface area contributed by atoms with E-state index in [-0.39, 0.29) is 24.9 Å². The number of nitrogens with one attached hydrogen (secondary N) is 3. The number of pyridine rings is 1. The number of rotatable bonds is 6. The van der Waals surface area contributed by atoms with Crippen molar-refractivity contribution in [2.45, 2.75) is 19.0 Å². The molecule has 0 saturated heterocycles. The van der Waals surface area contributed by atoms with Crippen molar-refractivity contribution in [1.82, 2.24) is 10.3 Å². The van der Waals surface area contributed by atoms with Crippen molar-refractivity contribution < 1.29 is 31.5 Å². The Morgan fingerprint density at radius 2 is 1.82 bits per heavy atom. The van der Waals surface area contributed by atoms with Crippen LogP contribution in [0.25, 0.3) is 0 Å². The summed E-state index contributed by atoms with van der Waals surface area (Å²) in [4.78, 5) is 36.9. The van der Waals surface area contributed by atoms with Gasteiger partial charge in [0.2, 0.25) is 5.91 Å². The maximum absolute atomic E-state index is 13.5. The number of aromatic nitrogens is 1. The Hall–Kier alpha value is -3.24. The summed E-state index contributed by atoms with van der Waals surface area (Å²) in [6.45, 7) is -0.0536. The van der Waals surface area contributed by atoms with Crippen molar-refractivity contribution in [1.29, 1.82) is 0 Å². The highest BCUT2D eigenvalue weighted by Gasteiger charge is 2.31. The lowest BCUT2D eigenvalue weighted by atomic mass is 10.2. The first-order chi connectivity index (χ1) is 13.1. The molecule has 3 N–H and O–H groups in total. The highest BCUT2D eigenvalue weighted by atomic mass is 19.4. The molecule has 6 nitrogen and oxygen atoms in total. The number of H-pyrrole nitrogens is 1. The first kappa shape index (κ1) is 21.1. The number of hydrogen-bond donors (Lipinski definition) is 3. The van der Waals surface area contributed by atoms with Gasteiger partial charge < -0.3 is 15.6 Å². The van der Waals surface area contributed by atoms with Crippen molar-refractivity contribution in [2.24, 2.45) is 0 Å². The number of benzene rings is 1. The van der Waals surface area contributed by atoms with Gasteiger partial charge in [-0.25, -0.2) is 8.78 Å². The van der Waals surface area contributed by atoms with Crippen LogP contribution < -0.4 is 16.2 Å². The molecule has 2 amide bonds. The van der Waals surface area contributed by atoms with Crippen LogP contribution in [0.15, 0.2) is 35.3 Å². The number of alkyl halides is 3. The third kappa shape index (κ3) is 5.63. The number of carbonyl (C=O) groups excluding carboxylic acids is 2. The van der Waals surface area contributed by atoms with E-state index < -0.39 is 46.4 Å². The Balaban J connectivity index is 1.85. The van der Waals surface area contributed by atoms with Crippen LogP contribution in [0, 0.1) is 11.6 Å². The molecular weight excluding hydrogens is 389 g/mol. The Morgan fingerprint density at radius 3 is 2.46 bits per heavy atom. The lowest BCUT2D eigenvalue weighted by Crippen LogP contribution is -2.27. The number of amides is 2.